The molecule has 0 aromatic carbocycles. The topological polar surface area (TPSA) is 55.2 Å². The number of hydrogen-bond donors (Lipinski definition) is 1. The summed E-state index contributed by atoms with van der Waals surface area (Å²) in [4.78, 5) is 2.58. The fraction of sp³-hybridized carbons (Fsp3) is 0.846. The van der Waals surface area contributed by atoms with E-state index < -0.39 is 0 Å². The van der Waals surface area contributed by atoms with Crippen molar-refractivity contribution in [1.82, 2.24) is 25.2 Å². The van der Waals surface area contributed by atoms with E-state index in [1.807, 2.05) is 0 Å². The molecule has 0 radical (unpaired) electrons. The normalized spacial score (nSPS) is 31.2. The molecule has 1 aromatic rings. The second-order valence-electron chi connectivity index (χ2n) is 5.84. The van der Waals surface area contributed by atoms with E-state index >= 15 is 0 Å². The van der Waals surface area contributed by atoms with Crippen LogP contribution in [-0.2, 0) is 24.2 Å². The van der Waals surface area contributed by atoms with Crippen LogP contribution in [0, 0.1) is 0 Å². The number of nitrogens with one attached hydrogen (secondary N) is 1. The minimum Gasteiger partial charge on any atom is -0.373 e. The van der Waals surface area contributed by atoms with Gasteiger partial charge in [-0.25, -0.2) is 4.68 Å². The molecular weight excluding hydrogens is 242 g/mol. The molecule has 3 aliphatic rings. The minimum absolute atomic E-state index is 0.273. The Hall–Kier alpha value is -0.980. The van der Waals surface area contributed by atoms with E-state index in [0.29, 0.717) is 6.04 Å². The van der Waals surface area contributed by atoms with Gasteiger partial charge in [-0.1, -0.05) is 5.21 Å². The Morgan fingerprint density at radius 1 is 1.42 bits per heavy atom. The number of hydrogen-bond acceptors (Lipinski definition) is 5. The predicted octanol–water partition coefficient (Wildman–Crippen LogP) is -0.213. The van der Waals surface area contributed by atoms with E-state index in [0.717, 1.165) is 44.9 Å². The van der Waals surface area contributed by atoms with Crippen molar-refractivity contribution in [2.45, 2.75) is 44.5 Å². The molecule has 19 heavy (non-hydrogen) atoms. The molecule has 6 nitrogen and oxygen atoms in total. The lowest BCUT2D eigenvalue weighted by Gasteiger charge is -2.35. The molecule has 2 unspecified atom stereocenters. The molecule has 1 aromatic heterocycles. The Labute approximate surface area is 113 Å². The molecule has 0 bridgehead atoms. The first-order chi connectivity index (χ1) is 9.40. The van der Waals surface area contributed by atoms with E-state index in [-0.39, 0.29) is 6.10 Å². The van der Waals surface area contributed by atoms with Crippen LogP contribution in [0.25, 0.3) is 0 Å². The van der Waals surface area contributed by atoms with Gasteiger partial charge in [-0.05, 0) is 19.4 Å². The predicted molar refractivity (Wildman–Crippen MR) is 69.8 cm³/mol. The molecular formula is C13H21N5O. The summed E-state index contributed by atoms with van der Waals surface area (Å²) in [5.74, 6) is 0. The monoisotopic (exact) mass is 263 g/mol. The summed E-state index contributed by atoms with van der Waals surface area (Å²) in [6.07, 6.45) is 3.93. The summed E-state index contributed by atoms with van der Waals surface area (Å²) in [5, 5.41) is 11.9. The van der Waals surface area contributed by atoms with E-state index in [2.05, 4.69) is 25.2 Å². The molecule has 2 atom stereocenters. The molecule has 3 aliphatic heterocycles. The van der Waals surface area contributed by atoms with Crippen molar-refractivity contribution in [3.8, 4) is 0 Å². The summed E-state index contributed by atoms with van der Waals surface area (Å²) < 4.78 is 8.08. The van der Waals surface area contributed by atoms with E-state index in [1.165, 1.54) is 25.1 Å². The summed E-state index contributed by atoms with van der Waals surface area (Å²) in [6.45, 7) is 5.92. The molecule has 0 saturated carbocycles. The van der Waals surface area contributed by atoms with E-state index in [4.69, 9.17) is 4.74 Å². The van der Waals surface area contributed by atoms with Crippen molar-refractivity contribution in [3.63, 3.8) is 0 Å². The molecule has 2 fully saturated rings. The Bertz CT molecular complexity index is 460. The van der Waals surface area contributed by atoms with Crippen LogP contribution in [0.1, 0.15) is 24.2 Å². The van der Waals surface area contributed by atoms with Gasteiger partial charge in [0.25, 0.3) is 0 Å². The van der Waals surface area contributed by atoms with Crippen molar-refractivity contribution in [2.75, 3.05) is 26.2 Å². The molecule has 1 N–H and O–H groups in total. The van der Waals surface area contributed by atoms with Crippen LogP contribution in [0.5, 0.6) is 0 Å². The largest absolute Gasteiger partial charge is 0.373 e. The average molecular weight is 263 g/mol. The third kappa shape index (κ3) is 2.17. The zero-order valence-corrected chi connectivity index (χ0v) is 11.2. The first-order valence-electron chi connectivity index (χ1n) is 7.38. The smallest absolute Gasteiger partial charge is 0.0997 e. The summed E-state index contributed by atoms with van der Waals surface area (Å²) in [7, 11) is 0. The lowest BCUT2D eigenvalue weighted by molar-refractivity contribution is -0.0569. The van der Waals surface area contributed by atoms with Gasteiger partial charge in [0.2, 0.25) is 0 Å². The Morgan fingerprint density at radius 2 is 2.42 bits per heavy atom. The first-order valence-corrected chi connectivity index (χ1v) is 7.38. The van der Waals surface area contributed by atoms with Crippen molar-refractivity contribution in [1.29, 1.82) is 0 Å². The highest BCUT2D eigenvalue weighted by Gasteiger charge is 2.32. The number of rotatable bonds is 2. The number of nitrogens with zero attached hydrogens (tertiary/aromatic N) is 4. The van der Waals surface area contributed by atoms with Crippen molar-refractivity contribution >= 4 is 0 Å². The maximum Gasteiger partial charge on any atom is 0.0997 e. The highest BCUT2D eigenvalue weighted by molar-refractivity contribution is 5.13. The number of aromatic nitrogens is 3. The van der Waals surface area contributed by atoms with Crippen LogP contribution in [0.3, 0.4) is 0 Å². The fourth-order valence-electron chi connectivity index (χ4n) is 3.53. The third-order valence-corrected chi connectivity index (χ3v) is 4.59. The number of morpholine rings is 1. The maximum atomic E-state index is 6.01. The summed E-state index contributed by atoms with van der Waals surface area (Å²) >= 11 is 0. The number of ether oxygens (including phenoxy) is 1. The molecule has 4 rings (SSSR count). The molecule has 2 saturated heterocycles. The van der Waals surface area contributed by atoms with Gasteiger partial charge in [0.1, 0.15) is 0 Å². The van der Waals surface area contributed by atoms with Gasteiger partial charge in [-0.3, -0.25) is 4.90 Å². The van der Waals surface area contributed by atoms with Crippen molar-refractivity contribution in [3.05, 3.63) is 11.4 Å². The highest BCUT2D eigenvalue weighted by Crippen LogP contribution is 2.23. The van der Waals surface area contributed by atoms with Gasteiger partial charge in [-0.15, -0.1) is 5.10 Å². The SMILES string of the molecule is C1CC2COC(Cn3nnc4c3CCNC4)CN2C1. The van der Waals surface area contributed by atoms with Gasteiger partial charge < -0.3 is 10.1 Å². The molecule has 0 spiro atoms. The van der Waals surface area contributed by atoms with Gasteiger partial charge in [0, 0.05) is 32.1 Å². The van der Waals surface area contributed by atoms with Gasteiger partial charge in [-0.2, -0.15) is 0 Å². The fourth-order valence-corrected chi connectivity index (χ4v) is 3.53. The van der Waals surface area contributed by atoms with Gasteiger partial charge >= 0.3 is 0 Å². The highest BCUT2D eigenvalue weighted by atomic mass is 16.5. The van der Waals surface area contributed by atoms with Crippen LogP contribution >= 0.6 is 0 Å². The first kappa shape index (κ1) is 11.8. The summed E-state index contributed by atoms with van der Waals surface area (Å²) in [6, 6.07) is 0.671. The standard InChI is InChI=1S/C13H21N5O/c1-2-10-9-19-11(7-17(10)5-1)8-18-13-3-4-14-6-12(13)15-16-18/h10-11,14H,1-9H2. The van der Waals surface area contributed by atoms with Crippen LogP contribution in [0.4, 0.5) is 0 Å². The lowest BCUT2D eigenvalue weighted by atomic mass is 10.1. The van der Waals surface area contributed by atoms with Crippen LogP contribution in [-0.4, -0.2) is 58.3 Å². The van der Waals surface area contributed by atoms with Crippen molar-refractivity contribution < 1.29 is 4.74 Å². The lowest BCUT2D eigenvalue weighted by Crippen LogP contribution is -2.47. The molecule has 104 valence electrons. The molecule has 6 heteroatoms. The molecule has 0 aliphatic carbocycles. The maximum absolute atomic E-state index is 6.01. The Morgan fingerprint density at radius 3 is 3.42 bits per heavy atom. The van der Waals surface area contributed by atoms with E-state index in [9.17, 15) is 0 Å². The zero-order valence-electron chi connectivity index (χ0n) is 11.2. The summed E-state index contributed by atoms with van der Waals surface area (Å²) in [5.41, 5.74) is 2.41. The Balaban J connectivity index is 1.45. The minimum atomic E-state index is 0.273. The molecule has 0 amide bonds. The average Bonchev–Trinajstić information content (AvgIpc) is 3.06. The van der Waals surface area contributed by atoms with Crippen LogP contribution in [0.15, 0.2) is 0 Å². The quantitative estimate of drug-likeness (QED) is 0.800. The Kier molecular flexibility index (Phi) is 3.01. The third-order valence-electron chi connectivity index (χ3n) is 4.59. The van der Waals surface area contributed by atoms with Crippen molar-refractivity contribution in [2.24, 2.45) is 0 Å². The second kappa shape index (κ2) is 4.85. The number of fused-ring (bicyclic) bond motifs is 2. The van der Waals surface area contributed by atoms with E-state index in [1.54, 1.807) is 0 Å². The van der Waals surface area contributed by atoms with Crippen LogP contribution < -0.4 is 5.32 Å². The van der Waals surface area contributed by atoms with Gasteiger partial charge in [0.05, 0.1) is 30.6 Å². The van der Waals surface area contributed by atoms with Crippen LogP contribution in [0.2, 0.25) is 0 Å². The second-order valence-corrected chi connectivity index (χ2v) is 5.84. The molecule has 4 heterocycles. The zero-order chi connectivity index (χ0) is 12.7. The van der Waals surface area contributed by atoms with Gasteiger partial charge in [0.15, 0.2) is 0 Å².